The zero-order valence-corrected chi connectivity index (χ0v) is 23.7. The van der Waals surface area contributed by atoms with Gasteiger partial charge in [0, 0.05) is 41.7 Å². The van der Waals surface area contributed by atoms with Crippen LogP contribution in [0.5, 0.6) is 0 Å². The van der Waals surface area contributed by atoms with Crippen LogP contribution in [0.4, 0.5) is 0 Å². The van der Waals surface area contributed by atoms with E-state index in [0.717, 1.165) is 31.6 Å². The summed E-state index contributed by atoms with van der Waals surface area (Å²) >= 11 is 3.69. The fourth-order valence-corrected chi connectivity index (χ4v) is 8.59. The molecule has 1 saturated carbocycles. The van der Waals surface area contributed by atoms with E-state index in [2.05, 4.69) is 43.0 Å². The highest BCUT2D eigenvalue weighted by molar-refractivity contribution is 7.98. The molecule has 0 bridgehead atoms. The number of fused-ring (bicyclic) bond motifs is 2. The molecule has 7 heteroatoms. The Morgan fingerprint density at radius 1 is 1.26 bits per heavy atom. The summed E-state index contributed by atoms with van der Waals surface area (Å²) in [5, 5.41) is 12.9. The van der Waals surface area contributed by atoms with Crippen LogP contribution in [0.25, 0.3) is 0 Å². The van der Waals surface area contributed by atoms with Gasteiger partial charge >= 0.3 is 0 Å². The number of hydrogen-bond acceptors (Lipinski definition) is 6. The third-order valence-corrected chi connectivity index (χ3v) is 10.6. The maximum absolute atomic E-state index is 13.2. The largest absolute Gasteiger partial charge is 0.392 e. The van der Waals surface area contributed by atoms with Crippen molar-refractivity contribution in [2.24, 2.45) is 23.2 Å². The highest BCUT2D eigenvalue weighted by Crippen LogP contribution is 2.57. The summed E-state index contributed by atoms with van der Waals surface area (Å²) in [6.45, 7) is 8.17. The minimum Gasteiger partial charge on any atom is -0.392 e. The van der Waals surface area contributed by atoms with E-state index in [1.54, 1.807) is 0 Å². The van der Waals surface area contributed by atoms with Gasteiger partial charge in [-0.15, -0.1) is 23.1 Å². The molecule has 2 aromatic rings. The average molecular weight is 516 g/mol. The molecule has 1 aromatic carbocycles. The van der Waals surface area contributed by atoms with Crippen LogP contribution < -0.4 is 0 Å². The Morgan fingerprint density at radius 3 is 2.66 bits per heavy atom. The normalized spacial score (nSPS) is 28.9. The summed E-state index contributed by atoms with van der Waals surface area (Å²) in [7, 11) is 5.94. The Hall–Kier alpha value is -1.41. The Kier molecular flexibility index (Phi) is 8.31. The van der Waals surface area contributed by atoms with Gasteiger partial charge in [-0.1, -0.05) is 39.0 Å². The quantitative estimate of drug-likeness (QED) is 0.493. The maximum atomic E-state index is 13.2. The fourth-order valence-electron chi connectivity index (χ4n) is 6.31. The third-order valence-electron chi connectivity index (χ3n) is 8.36. The van der Waals surface area contributed by atoms with Crippen molar-refractivity contribution in [1.82, 2.24) is 14.8 Å². The van der Waals surface area contributed by atoms with Crippen LogP contribution in [0, 0.1) is 23.2 Å². The Labute approximate surface area is 219 Å². The first-order valence-corrected chi connectivity index (χ1v) is 14.6. The zero-order valence-electron chi connectivity index (χ0n) is 22.0. The molecule has 1 amide bonds. The molecule has 1 heterocycles. The van der Waals surface area contributed by atoms with Gasteiger partial charge < -0.3 is 14.9 Å². The van der Waals surface area contributed by atoms with Crippen molar-refractivity contribution in [2.75, 3.05) is 34.2 Å². The highest BCUT2D eigenvalue weighted by Gasteiger charge is 2.54. The fraction of sp³-hybridized carbons (Fsp3) is 0.643. The van der Waals surface area contributed by atoms with Crippen LogP contribution in [0.2, 0.25) is 0 Å². The third kappa shape index (κ3) is 5.63. The number of likely N-dealkylation sites (N-methyl/N-ethyl adjacent to an activating group) is 2. The van der Waals surface area contributed by atoms with E-state index < -0.39 is 6.10 Å². The van der Waals surface area contributed by atoms with Crippen molar-refractivity contribution in [3.63, 3.8) is 0 Å². The van der Waals surface area contributed by atoms with Crippen molar-refractivity contribution < 1.29 is 9.90 Å². The van der Waals surface area contributed by atoms with Crippen molar-refractivity contribution in [3.8, 4) is 0 Å². The van der Waals surface area contributed by atoms with Gasteiger partial charge in [0.25, 0.3) is 0 Å². The molecule has 6 atom stereocenters. The van der Waals surface area contributed by atoms with Crippen LogP contribution in [0.3, 0.4) is 0 Å². The van der Waals surface area contributed by atoms with Crippen LogP contribution in [-0.2, 0) is 17.0 Å². The van der Waals surface area contributed by atoms with E-state index in [0.29, 0.717) is 6.54 Å². The molecule has 0 aliphatic heterocycles. The number of aliphatic hydroxyl groups excluding tert-OH is 1. The summed E-state index contributed by atoms with van der Waals surface area (Å²) in [6, 6.07) is 10.5. The number of carbonyl (C=O) groups is 1. The van der Waals surface area contributed by atoms with Crippen LogP contribution in [0.1, 0.15) is 55.1 Å². The lowest BCUT2D eigenvalue weighted by Crippen LogP contribution is -2.53. The Balaban J connectivity index is 1.48. The van der Waals surface area contributed by atoms with E-state index in [4.69, 9.17) is 4.98 Å². The van der Waals surface area contributed by atoms with E-state index in [1.165, 1.54) is 20.5 Å². The second-order valence-electron chi connectivity index (χ2n) is 11.2. The number of nitrogens with zero attached hydrogens (tertiary/aromatic N) is 3. The maximum Gasteiger partial charge on any atom is 0.225 e. The number of benzene rings is 1. The predicted octanol–water partition coefficient (Wildman–Crippen LogP) is 5.14. The molecule has 0 spiro atoms. The van der Waals surface area contributed by atoms with Gasteiger partial charge in [0.15, 0.2) is 0 Å². The topological polar surface area (TPSA) is 56.7 Å². The summed E-state index contributed by atoms with van der Waals surface area (Å²) in [4.78, 5) is 24.9. The molecule has 2 aliphatic rings. The predicted molar refractivity (Wildman–Crippen MR) is 146 cm³/mol. The van der Waals surface area contributed by atoms with E-state index >= 15 is 0 Å². The standard InChI is InChI=1S/C28H41N3O2S2/c1-18(27(33)31(6)15-14-30(4)5)21-12-13-28(3)16-22-25(19(2)24(28)26(21)32)29-23(35-22)17-34-20-10-8-7-9-11-20/h7-11,18-19,21,24,26,32H,12-17H2,1-6H3/t18-,19-,21?,24+,26-,28-/m0/s1. The lowest BCUT2D eigenvalue weighted by molar-refractivity contribution is -0.143. The molecule has 1 aromatic heterocycles. The summed E-state index contributed by atoms with van der Waals surface area (Å²) < 4.78 is 0. The van der Waals surface area contributed by atoms with Crippen LogP contribution in [0.15, 0.2) is 35.2 Å². The number of aliphatic hydroxyl groups is 1. The molecule has 0 radical (unpaired) electrons. The first kappa shape index (κ1) is 26.6. The van der Waals surface area contributed by atoms with Gasteiger partial charge in [-0.05, 0) is 62.7 Å². The molecule has 4 rings (SSSR count). The van der Waals surface area contributed by atoms with Gasteiger partial charge in [-0.3, -0.25) is 4.79 Å². The van der Waals surface area contributed by atoms with Crippen LogP contribution >= 0.6 is 23.1 Å². The molecule has 1 N–H and O–H groups in total. The second kappa shape index (κ2) is 10.9. The van der Waals surface area contributed by atoms with E-state index in [9.17, 15) is 9.90 Å². The molecule has 2 aliphatic carbocycles. The lowest BCUT2D eigenvalue weighted by atomic mass is 9.53. The summed E-state index contributed by atoms with van der Waals surface area (Å²) in [6.07, 6.45) is 2.45. The number of hydrogen-bond donors (Lipinski definition) is 1. The number of thiazole rings is 1. The van der Waals surface area contributed by atoms with E-state index in [-0.39, 0.29) is 35.0 Å². The minimum absolute atomic E-state index is 0.00174. The molecule has 5 nitrogen and oxygen atoms in total. The summed E-state index contributed by atoms with van der Waals surface area (Å²) in [5.41, 5.74) is 1.24. The molecule has 1 unspecified atom stereocenters. The minimum atomic E-state index is -0.484. The van der Waals surface area contributed by atoms with Gasteiger partial charge in [-0.25, -0.2) is 4.98 Å². The highest BCUT2D eigenvalue weighted by atomic mass is 32.2. The molecule has 1 fully saturated rings. The zero-order chi connectivity index (χ0) is 25.3. The second-order valence-corrected chi connectivity index (χ2v) is 13.4. The SMILES string of the molecule is C[C@H](C(=O)N(C)CCN(C)C)C1CC[C@@]2(C)Cc3sc(CSc4ccccc4)nc3[C@@H](C)[C@@H]2[C@H]1O. The van der Waals surface area contributed by atoms with Crippen LogP contribution in [-0.4, -0.2) is 66.1 Å². The first-order chi connectivity index (χ1) is 16.6. The lowest BCUT2D eigenvalue weighted by Gasteiger charge is -2.53. The molecular weight excluding hydrogens is 474 g/mol. The number of carbonyl (C=O) groups excluding carboxylic acids is 1. The molecule has 192 valence electrons. The number of aromatic nitrogens is 1. The number of thioether (sulfide) groups is 1. The molecule has 0 saturated heterocycles. The number of amides is 1. The Bertz CT molecular complexity index is 1010. The van der Waals surface area contributed by atoms with Gasteiger partial charge in [0.05, 0.1) is 17.6 Å². The first-order valence-electron chi connectivity index (χ1n) is 12.8. The number of rotatable bonds is 8. The van der Waals surface area contributed by atoms with Gasteiger partial charge in [-0.2, -0.15) is 0 Å². The van der Waals surface area contributed by atoms with Gasteiger partial charge in [0.1, 0.15) is 5.01 Å². The smallest absolute Gasteiger partial charge is 0.225 e. The van der Waals surface area contributed by atoms with Crippen molar-refractivity contribution in [1.29, 1.82) is 0 Å². The Morgan fingerprint density at radius 2 is 1.97 bits per heavy atom. The van der Waals surface area contributed by atoms with Crippen molar-refractivity contribution in [3.05, 3.63) is 45.9 Å². The summed E-state index contributed by atoms with van der Waals surface area (Å²) in [5.74, 6) is 1.18. The monoisotopic (exact) mass is 515 g/mol. The average Bonchev–Trinajstić information content (AvgIpc) is 3.23. The van der Waals surface area contributed by atoms with Crippen molar-refractivity contribution in [2.45, 2.75) is 62.7 Å². The van der Waals surface area contributed by atoms with Crippen molar-refractivity contribution >= 4 is 29.0 Å². The van der Waals surface area contributed by atoms with Gasteiger partial charge in [0.2, 0.25) is 5.91 Å². The molecular formula is C28H41N3O2S2. The molecule has 35 heavy (non-hydrogen) atoms. The van der Waals surface area contributed by atoms with E-state index in [1.807, 2.05) is 62.1 Å².